The summed E-state index contributed by atoms with van der Waals surface area (Å²) in [7, 11) is 0. The number of anilines is 2. The van der Waals surface area contributed by atoms with Gasteiger partial charge in [0.05, 0.1) is 17.9 Å². The van der Waals surface area contributed by atoms with Crippen LogP contribution in [0.25, 0.3) is 0 Å². The molecule has 1 aromatic carbocycles. The van der Waals surface area contributed by atoms with Gasteiger partial charge in [0.1, 0.15) is 5.82 Å². The molecule has 25 heavy (non-hydrogen) atoms. The van der Waals surface area contributed by atoms with E-state index >= 15 is 0 Å². The highest BCUT2D eigenvalue weighted by Gasteiger charge is 2.25. The lowest BCUT2D eigenvalue weighted by Gasteiger charge is -2.36. The number of hydrogen-bond acceptors (Lipinski definition) is 6. The molecular formula is C17H27FN6O. The number of piperazine rings is 1. The number of rotatable bonds is 7. The van der Waals surface area contributed by atoms with Crippen molar-refractivity contribution in [3.8, 4) is 0 Å². The summed E-state index contributed by atoms with van der Waals surface area (Å²) < 4.78 is 14.5. The van der Waals surface area contributed by atoms with Gasteiger partial charge in [0.25, 0.3) is 0 Å². The summed E-state index contributed by atoms with van der Waals surface area (Å²) in [6.45, 7) is 4.43. The Labute approximate surface area is 147 Å². The molecule has 0 spiro atoms. The van der Waals surface area contributed by atoms with E-state index in [2.05, 4.69) is 6.92 Å². The monoisotopic (exact) mass is 350 g/mol. The topological polar surface area (TPSA) is 105 Å². The number of amides is 1. The second kappa shape index (κ2) is 8.68. The molecule has 1 heterocycles. The van der Waals surface area contributed by atoms with Gasteiger partial charge in [-0.2, -0.15) is 0 Å². The van der Waals surface area contributed by atoms with Crippen LogP contribution in [0, 0.1) is 5.82 Å². The highest BCUT2D eigenvalue weighted by Crippen LogP contribution is 2.25. The van der Waals surface area contributed by atoms with Crippen molar-refractivity contribution in [2.75, 3.05) is 42.6 Å². The molecule has 138 valence electrons. The van der Waals surface area contributed by atoms with Crippen molar-refractivity contribution < 1.29 is 9.18 Å². The van der Waals surface area contributed by atoms with Gasteiger partial charge in [-0.3, -0.25) is 9.80 Å². The number of hydrogen-bond donors (Lipinski definition) is 3. The maximum Gasteiger partial charge on any atom is 0.242 e. The molecule has 0 unspecified atom stereocenters. The number of carbonyl (C=O) groups is 1. The van der Waals surface area contributed by atoms with E-state index < -0.39 is 5.82 Å². The van der Waals surface area contributed by atoms with Crippen molar-refractivity contribution in [3.05, 3.63) is 35.9 Å². The molecule has 0 bridgehead atoms. The minimum atomic E-state index is -0.428. The molecule has 6 N–H and O–H groups in total. The van der Waals surface area contributed by atoms with Crippen LogP contribution in [0.3, 0.4) is 0 Å². The van der Waals surface area contributed by atoms with Crippen molar-refractivity contribution in [1.82, 2.24) is 4.90 Å². The van der Waals surface area contributed by atoms with Gasteiger partial charge in [0.15, 0.2) is 0 Å². The van der Waals surface area contributed by atoms with E-state index in [1.54, 1.807) is 17.0 Å². The normalized spacial score (nSPS) is 15.7. The van der Waals surface area contributed by atoms with Crippen LogP contribution in [-0.4, -0.2) is 43.5 Å². The highest BCUT2D eigenvalue weighted by molar-refractivity contribution is 5.83. The number of hydrazine groups is 1. The zero-order valence-corrected chi connectivity index (χ0v) is 14.6. The molecular weight excluding hydrogens is 323 g/mol. The molecule has 0 aromatic heterocycles. The van der Waals surface area contributed by atoms with E-state index in [9.17, 15) is 9.18 Å². The Morgan fingerprint density at radius 1 is 1.40 bits per heavy atom. The smallest absolute Gasteiger partial charge is 0.242 e. The van der Waals surface area contributed by atoms with Crippen LogP contribution < -0.4 is 27.2 Å². The highest BCUT2D eigenvalue weighted by atomic mass is 19.1. The van der Waals surface area contributed by atoms with Crippen LogP contribution in [0.5, 0.6) is 0 Å². The Morgan fingerprint density at radius 3 is 2.76 bits per heavy atom. The molecule has 1 saturated heterocycles. The Morgan fingerprint density at radius 2 is 2.16 bits per heavy atom. The predicted molar refractivity (Wildman–Crippen MR) is 98.1 cm³/mol. The summed E-state index contributed by atoms with van der Waals surface area (Å²) in [5, 5.41) is 1.23. The first kappa shape index (κ1) is 19.0. The lowest BCUT2D eigenvalue weighted by atomic mass is 10.2. The van der Waals surface area contributed by atoms with Gasteiger partial charge in [-0.1, -0.05) is 13.3 Å². The first-order valence-electron chi connectivity index (χ1n) is 8.48. The summed E-state index contributed by atoms with van der Waals surface area (Å²) in [4.78, 5) is 15.8. The number of halogens is 1. The largest absolute Gasteiger partial charge is 0.400 e. The minimum absolute atomic E-state index is 0.0299. The first-order chi connectivity index (χ1) is 12.0. The standard InChI is InChI=1S/C17H27FN6O/c1-2-3-6-22-7-8-23(12-17(22)25)16-5-4-14(9-15(16)18)24(21)11-13(20)10-19/h4-5,9,11H,2-3,6-8,10,12,19-21H2,1H3/b13-11-. The van der Waals surface area contributed by atoms with Crippen LogP contribution in [0.2, 0.25) is 0 Å². The molecule has 7 nitrogen and oxygen atoms in total. The van der Waals surface area contributed by atoms with Crippen LogP contribution in [0.1, 0.15) is 19.8 Å². The van der Waals surface area contributed by atoms with E-state index in [1.807, 2.05) is 4.90 Å². The third kappa shape index (κ3) is 4.83. The maximum absolute atomic E-state index is 14.5. The van der Waals surface area contributed by atoms with Crippen LogP contribution in [0.4, 0.5) is 15.8 Å². The molecule has 1 aromatic rings. The SMILES string of the molecule is CCCCN1CCN(c2ccc(N(N)/C=C(\N)CN)cc2F)CC1=O. The van der Waals surface area contributed by atoms with E-state index in [0.29, 0.717) is 30.2 Å². The summed E-state index contributed by atoms with van der Waals surface area (Å²) in [6, 6.07) is 4.64. The van der Waals surface area contributed by atoms with Crippen LogP contribution in [-0.2, 0) is 4.79 Å². The Bertz CT molecular complexity index is 636. The molecule has 1 fully saturated rings. The van der Waals surface area contributed by atoms with E-state index in [1.165, 1.54) is 17.3 Å². The number of benzene rings is 1. The van der Waals surface area contributed by atoms with E-state index in [0.717, 1.165) is 19.4 Å². The average molecular weight is 350 g/mol. The molecule has 1 amide bonds. The second-order valence-electron chi connectivity index (χ2n) is 6.11. The quantitative estimate of drug-likeness (QED) is 0.494. The van der Waals surface area contributed by atoms with Crippen LogP contribution >= 0.6 is 0 Å². The summed E-state index contributed by atoms with van der Waals surface area (Å²) in [5.74, 6) is 5.44. The lowest BCUT2D eigenvalue weighted by molar-refractivity contribution is -0.131. The lowest BCUT2D eigenvalue weighted by Crippen LogP contribution is -2.50. The van der Waals surface area contributed by atoms with Crippen molar-refractivity contribution in [1.29, 1.82) is 0 Å². The van der Waals surface area contributed by atoms with Gasteiger partial charge in [0.2, 0.25) is 5.91 Å². The summed E-state index contributed by atoms with van der Waals surface area (Å²) in [5.41, 5.74) is 12.3. The fourth-order valence-corrected chi connectivity index (χ4v) is 2.72. The molecule has 8 heteroatoms. The molecule has 0 radical (unpaired) electrons. The van der Waals surface area contributed by atoms with E-state index in [4.69, 9.17) is 17.3 Å². The van der Waals surface area contributed by atoms with Crippen molar-refractivity contribution in [2.24, 2.45) is 17.3 Å². The molecule has 0 saturated carbocycles. The van der Waals surface area contributed by atoms with Crippen molar-refractivity contribution >= 4 is 17.3 Å². The van der Waals surface area contributed by atoms with Gasteiger partial charge in [-0.05, 0) is 18.6 Å². The van der Waals surface area contributed by atoms with Gasteiger partial charge in [-0.25, -0.2) is 10.2 Å². The van der Waals surface area contributed by atoms with E-state index in [-0.39, 0.29) is 19.0 Å². The van der Waals surface area contributed by atoms with Gasteiger partial charge in [-0.15, -0.1) is 0 Å². The number of carbonyl (C=O) groups excluding carboxylic acids is 1. The van der Waals surface area contributed by atoms with Gasteiger partial charge in [0, 0.05) is 44.1 Å². The average Bonchev–Trinajstić information content (AvgIpc) is 2.60. The fraction of sp³-hybridized carbons (Fsp3) is 0.471. The molecule has 0 atom stereocenters. The number of unbranched alkanes of at least 4 members (excludes halogenated alkanes) is 1. The molecule has 0 aliphatic carbocycles. The summed E-state index contributed by atoms with van der Waals surface area (Å²) in [6.07, 6.45) is 3.48. The molecule has 2 rings (SSSR count). The molecule has 1 aliphatic heterocycles. The van der Waals surface area contributed by atoms with Crippen molar-refractivity contribution in [2.45, 2.75) is 19.8 Å². The number of nitrogens with zero attached hydrogens (tertiary/aromatic N) is 3. The van der Waals surface area contributed by atoms with Crippen LogP contribution in [0.15, 0.2) is 30.1 Å². The second-order valence-corrected chi connectivity index (χ2v) is 6.11. The summed E-state index contributed by atoms with van der Waals surface area (Å²) >= 11 is 0. The minimum Gasteiger partial charge on any atom is -0.400 e. The first-order valence-corrected chi connectivity index (χ1v) is 8.48. The predicted octanol–water partition coefficient (Wildman–Crippen LogP) is 0.713. The Kier molecular flexibility index (Phi) is 6.60. The third-order valence-corrected chi connectivity index (χ3v) is 4.21. The van der Waals surface area contributed by atoms with Gasteiger partial charge < -0.3 is 21.3 Å². The Balaban J connectivity index is 2.08. The van der Waals surface area contributed by atoms with Gasteiger partial charge >= 0.3 is 0 Å². The fourth-order valence-electron chi connectivity index (χ4n) is 2.72. The maximum atomic E-state index is 14.5. The molecule has 1 aliphatic rings. The third-order valence-electron chi connectivity index (χ3n) is 4.21. The number of nitrogens with two attached hydrogens (primary N) is 3. The zero-order chi connectivity index (χ0) is 18.4. The van der Waals surface area contributed by atoms with Crippen molar-refractivity contribution in [3.63, 3.8) is 0 Å². The zero-order valence-electron chi connectivity index (χ0n) is 14.6. The Hall–Kier alpha value is -2.32.